The molecule has 4 aliphatic rings. The second kappa shape index (κ2) is 7.42. The van der Waals surface area contributed by atoms with E-state index in [0.29, 0.717) is 11.5 Å². The lowest BCUT2D eigenvalue weighted by molar-refractivity contribution is -0.665. The van der Waals surface area contributed by atoms with E-state index in [2.05, 4.69) is 83.5 Å². The molecule has 0 N–H and O–H groups in total. The van der Waals surface area contributed by atoms with E-state index in [0.717, 1.165) is 28.8 Å². The Hall–Kier alpha value is -2.15. The van der Waals surface area contributed by atoms with E-state index in [9.17, 15) is 0 Å². The molecule has 1 nitrogen and oxygen atoms in total. The molecule has 1 heterocycles. The molecule has 34 heavy (non-hydrogen) atoms. The molecule has 178 valence electrons. The molecule has 0 spiro atoms. The summed E-state index contributed by atoms with van der Waals surface area (Å²) in [6, 6.07) is 12.7. The molecule has 4 bridgehead atoms. The lowest BCUT2D eigenvalue weighted by atomic mass is 9.48. The zero-order chi connectivity index (χ0) is 24.9. The van der Waals surface area contributed by atoms with Gasteiger partial charge < -0.3 is 0 Å². The molecule has 7 rings (SSSR count). The van der Waals surface area contributed by atoms with E-state index >= 15 is 0 Å². The lowest BCUT2D eigenvalue weighted by Crippen LogP contribution is -2.48. The predicted octanol–water partition coefficient (Wildman–Crippen LogP) is 8.02. The largest absolute Gasteiger partial charge is 0.220 e. The van der Waals surface area contributed by atoms with Crippen LogP contribution in [-0.4, -0.2) is 0 Å². The molecule has 4 aliphatic carbocycles. The third-order valence-electron chi connectivity index (χ3n) is 9.87. The third-order valence-corrected chi connectivity index (χ3v) is 9.87. The highest BCUT2D eigenvalue weighted by atomic mass is 14.9. The Kier molecular flexibility index (Phi) is 4.62. The molecule has 0 radical (unpaired) electrons. The van der Waals surface area contributed by atoms with Gasteiger partial charge in [0.15, 0.2) is 5.69 Å². The number of aryl methyl sites for hydroxylation is 1. The van der Waals surface area contributed by atoms with Crippen LogP contribution in [-0.2, 0) is 17.9 Å². The maximum Gasteiger partial charge on any atom is 0.220 e. The monoisotopic (exact) mass is 453 g/mol. The molecule has 0 atom stereocenters. The van der Waals surface area contributed by atoms with Crippen molar-refractivity contribution in [2.45, 2.75) is 90.9 Å². The van der Waals surface area contributed by atoms with Crippen LogP contribution in [0.25, 0.3) is 22.0 Å². The smallest absolute Gasteiger partial charge is 0.198 e. The van der Waals surface area contributed by atoms with Crippen LogP contribution >= 0.6 is 0 Å². The van der Waals surface area contributed by atoms with E-state index < -0.39 is 0 Å². The first-order valence-corrected chi connectivity index (χ1v) is 13.5. The van der Waals surface area contributed by atoms with E-state index in [1.807, 2.05) is 0 Å². The first kappa shape index (κ1) is 21.2. The van der Waals surface area contributed by atoms with Gasteiger partial charge in [-0.05, 0) is 121 Å². The fourth-order valence-electron chi connectivity index (χ4n) is 8.14. The number of aromatic nitrogens is 1. The molecule has 2 aromatic carbocycles. The molecule has 4 fully saturated rings. The van der Waals surface area contributed by atoms with Crippen molar-refractivity contribution >= 4 is 10.8 Å². The Morgan fingerprint density at radius 3 is 2.12 bits per heavy atom. The molecule has 1 heteroatoms. The Labute approximate surface area is 208 Å². The van der Waals surface area contributed by atoms with Crippen LogP contribution in [0.1, 0.15) is 88.6 Å². The average Bonchev–Trinajstić information content (AvgIpc) is 2.78. The van der Waals surface area contributed by atoms with Crippen molar-refractivity contribution in [1.82, 2.24) is 0 Å². The SMILES string of the molecule is [2H]c1c(C)[n+](C)c(-c2cc(C(C)(C)C)cc(C)c2C)c2ccc(C34CC5CC(CC(C5)C3)C4)cc12. The Bertz CT molecular complexity index is 1320. The van der Waals surface area contributed by atoms with Crippen LogP contribution in [0, 0.1) is 38.5 Å². The zero-order valence-electron chi connectivity index (χ0n) is 23.3. The highest BCUT2D eigenvalue weighted by molar-refractivity contribution is 5.94. The number of hydrogen-bond acceptors (Lipinski definition) is 0. The van der Waals surface area contributed by atoms with Crippen LogP contribution in [0.5, 0.6) is 0 Å². The number of fused-ring (bicyclic) bond motifs is 1. The van der Waals surface area contributed by atoms with Crippen LogP contribution in [0.2, 0.25) is 0 Å². The quantitative estimate of drug-likeness (QED) is 0.346. The fraction of sp³-hybridized carbons (Fsp3) is 0.545. The van der Waals surface area contributed by atoms with Crippen molar-refractivity contribution in [2.75, 3.05) is 0 Å². The topological polar surface area (TPSA) is 3.88 Å². The van der Waals surface area contributed by atoms with Crippen molar-refractivity contribution in [1.29, 1.82) is 0 Å². The molecule has 0 amide bonds. The number of nitrogens with zero attached hydrogens (tertiary/aromatic N) is 1. The average molecular weight is 454 g/mol. The number of pyridine rings is 1. The van der Waals surface area contributed by atoms with Crippen molar-refractivity contribution in [3.63, 3.8) is 0 Å². The van der Waals surface area contributed by atoms with Crippen molar-refractivity contribution in [3.05, 3.63) is 64.3 Å². The van der Waals surface area contributed by atoms with Gasteiger partial charge in [-0.25, -0.2) is 0 Å². The number of rotatable bonds is 2. The number of hydrogen-bond donors (Lipinski definition) is 0. The van der Waals surface area contributed by atoms with Gasteiger partial charge in [0.05, 0.1) is 12.3 Å². The summed E-state index contributed by atoms with van der Waals surface area (Å²) in [5.74, 6) is 2.80. The molecule has 3 aromatic rings. The van der Waals surface area contributed by atoms with Gasteiger partial charge in [-0.15, -0.1) is 0 Å². The summed E-state index contributed by atoms with van der Waals surface area (Å²) in [4.78, 5) is 0. The molecule has 0 aliphatic heterocycles. The summed E-state index contributed by atoms with van der Waals surface area (Å²) >= 11 is 0. The second-order valence-electron chi connectivity index (χ2n) is 13.3. The maximum absolute atomic E-state index is 9.14. The minimum Gasteiger partial charge on any atom is -0.198 e. The third kappa shape index (κ3) is 3.37. The predicted molar refractivity (Wildman–Crippen MR) is 143 cm³/mol. The summed E-state index contributed by atoms with van der Waals surface area (Å²) in [6.45, 7) is 13.5. The van der Waals surface area contributed by atoms with E-state index in [-0.39, 0.29) is 5.41 Å². The van der Waals surface area contributed by atoms with Gasteiger partial charge in [0.1, 0.15) is 7.05 Å². The van der Waals surface area contributed by atoms with Gasteiger partial charge in [-0.3, -0.25) is 0 Å². The highest BCUT2D eigenvalue weighted by Gasteiger charge is 2.51. The van der Waals surface area contributed by atoms with Gasteiger partial charge in [0.2, 0.25) is 5.69 Å². The molecule has 0 unspecified atom stereocenters. The highest BCUT2D eigenvalue weighted by Crippen LogP contribution is 2.61. The molecule has 0 saturated heterocycles. The molecule has 4 saturated carbocycles. The maximum atomic E-state index is 9.14. The fourth-order valence-corrected chi connectivity index (χ4v) is 8.14. The van der Waals surface area contributed by atoms with Gasteiger partial charge >= 0.3 is 0 Å². The van der Waals surface area contributed by atoms with Gasteiger partial charge in [0, 0.05) is 13.0 Å². The molecular weight excluding hydrogens is 410 g/mol. The number of benzene rings is 2. The standard InChI is InChI=1S/C33H42N/c1-20-10-28(32(4,5)6)16-30(22(20)3)31-29-9-8-27(15-26(29)11-21(2)34(31)7)33-17-23-12-24(18-33)14-25(13-23)19-33/h8-11,15-16,23-25H,12-14,17-19H2,1-7H3/q+1/i11D. The van der Waals surface area contributed by atoms with Gasteiger partial charge in [0.25, 0.3) is 0 Å². The van der Waals surface area contributed by atoms with Gasteiger partial charge in [-0.1, -0.05) is 39.0 Å². The summed E-state index contributed by atoms with van der Waals surface area (Å²) in [7, 11) is 2.15. The summed E-state index contributed by atoms with van der Waals surface area (Å²) in [5, 5.41) is 2.37. The van der Waals surface area contributed by atoms with E-state index in [4.69, 9.17) is 1.37 Å². The molecular formula is C33H42N+. The first-order chi connectivity index (χ1) is 16.5. The Morgan fingerprint density at radius 1 is 0.912 bits per heavy atom. The lowest BCUT2D eigenvalue weighted by Gasteiger charge is -2.57. The normalized spacial score (nSPS) is 28.6. The van der Waals surface area contributed by atoms with Crippen molar-refractivity contribution in [2.24, 2.45) is 24.8 Å². The zero-order valence-corrected chi connectivity index (χ0v) is 22.3. The molecule has 1 aromatic heterocycles. The van der Waals surface area contributed by atoms with Crippen LogP contribution in [0.3, 0.4) is 0 Å². The minimum absolute atomic E-state index is 0.0949. The van der Waals surface area contributed by atoms with E-state index in [1.54, 1.807) is 0 Å². The first-order valence-electron chi connectivity index (χ1n) is 14.0. The van der Waals surface area contributed by atoms with Crippen LogP contribution in [0.4, 0.5) is 0 Å². The van der Waals surface area contributed by atoms with Crippen LogP contribution in [0.15, 0.2) is 36.4 Å². The summed E-state index contributed by atoms with van der Waals surface area (Å²) in [6.07, 6.45) is 8.53. The summed E-state index contributed by atoms with van der Waals surface area (Å²) < 4.78 is 11.4. The van der Waals surface area contributed by atoms with E-state index in [1.165, 1.54) is 77.4 Å². The van der Waals surface area contributed by atoms with Gasteiger partial charge in [-0.2, -0.15) is 4.57 Å². The van der Waals surface area contributed by atoms with Crippen molar-refractivity contribution < 1.29 is 5.94 Å². The minimum atomic E-state index is 0.0949. The Balaban J connectivity index is 1.58. The summed E-state index contributed by atoms with van der Waals surface area (Å²) in [5.41, 5.74) is 9.67. The van der Waals surface area contributed by atoms with Crippen molar-refractivity contribution in [3.8, 4) is 11.3 Å². The van der Waals surface area contributed by atoms with Crippen LogP contribution < -0.4 is 4.57 Å². The Morgan fingerprint density at radius 2 is 1.53 bits per heavy atom. The second-order valence-corrected chi connectivity index (χ2v) is 13.3.